The first-order valence-electron chi connectivity index (χ1n) is 12.6. The number of aliphatic hydroxyl groups is 1. The van der Waals surface area contributed by atoms with Crippen LogP contribution in [0.5, 0.6) is 11.5 Å². The monoisotopic (exact) mass is 452 g/mol. The summed E-state index contributed by atoms with van der Waals surface area (Å²) in [6, 6.07) is 16.3. The fourth-order valence-corrected chi connectivity index (χ4v) is 7.73. The van der Waals surface area contributed by atoms with Gasteiger partial charge in [-0.2, -0.15) is 0 Å². The van der Waals surface area contributed by atoms with Gasteiger partial charge in [-0.05, 0) is 72.5 Å². The molecule has 4 atom stereocenters. The summed E-state index contributed by atoms with van der Waals surface area (Å²) in [4.78, 5) is 7.44. The lowest BCUT2D eigenvalue weighted by Crippen LogP contribution is -2.74. The highest BCUT2D eigenvalue weighted by molar-refractivity contribution is 5.72. The number of ether oxygens (including phenoxy) is 1. The molecule has 3 aromatic rings. The molecule has 1 aromatic heterocycles. The van der Waals surface area contributed by atoms with Gasteiger partial charge < -0.3 is 14.9 Å². The zero-order valence-electron chi connectivity index (χ0n) is 19.1. The smallest absolute Gasteiger partial charge is 0.166 e. The van der Waals surface area contributed by atoms with Crippen molar-refractivity contribution in [3.05, 3.63) is 77.1 Å². The number of phenolic OH excluding ortho intramolecular Hbond substituents is 1. The Morgan fingerprint density at radius 3 is 2.76 bits per heavy atom. The van der Waals surface area contributed by atoms with Crippen molar-refractivity contribution in [2.24, 2.45) is 5.92 Å². The van der Waals surface area contributed by atoms with Crippen LogP contribution in [0.3, 0.4) is 0 Å². The van der Waals surface area contributed by atoms with Crippen molar-refractivity contribution in [3.63, 3.8) is 0 Å². The number of benzene rings is 2. The van der Waals surface area contributed by atoms with Gasteiger partial charge in [-0.25, -0.2) is 0 Å². The molecule has 0 unspecified atom stereocenters. The summed E-state index contributed by atoms with van der Waals surface area (Å²) >= 11 is 0. The number of aromatic nitrogens is 1. The quantitative estimate of drug-likeness (QED) is 0.625. The standard InChI is InChI=1S/C29H28N2O3/c32-22-9-8-19-14-23-29(33)15-21-20(18-4-2-1-3-5-18)10-12-30-25(21)27-28(29,24(19)26(22)34-27)11-13-31(23)16-17-6-7-17/h1-5,8-10,12,17,23,27,32-33H,6-7,11,13-16H2/t23-,27+,28+,29-/m1/s1. The van der Waals surface area contributed by atoms with Crippen molar-refractivity contribution in [1.29, 1.82) is 0 Å². The van der Waals surface area contributed by atoms with Crippen LogP contribution in [0.2, 0.25) is 0 Å². The van der Waals surface area contributed by atoms with E-state index < -0.39 is 17.1 Å². The van der Waals surface area contributed by atoms with Crippen molar-refractivity contribution in [2.45, 2.75) is 55.3 Å². The van der Waals surface area contributed by atoms with E-state index in [2.05, 4.69) is 41.3 Å². The van der Waals surface area contributed by atoms with Crippen LogP contribution >= 0.6 is 0 Å². The lowest BCUT2D eigenvalue weighted by atomic mass is 9.48. The summed E-state index contributed by atoms with van der Waals surface area (Å²) in [5.41, 5.74) is 4.97. The number of aromatic hydroxyl groups is 1. The molecule has 172 valence electrons. The molecule has 3 heterocycles. The van der Waals surface area contributed by atoms with Crippen LogP contribution in [0.1, 0.15) is 47.8 Å². The summed E-state index contributed by atoms with van der Waals surface area (Å²) < 4.78 is 6.63. The van der Waals surface area contributed by atoms with Crippen LogP contribution in [-0.2, 0) is 18.3 Å². The maximum atomic E-state index is 12.9. The summed E-state index contributed by atoms with van der Waals surface area (Å²) in [6.07, 6.45) is 6.25. The van der Waals surface area contributed by atoms with Gasteiger partial charge in [0.2, 0.25) is 0 Å². The van der Waals surface area contributed by atoms with E-state index in [9.17, 15) is 10.2 Å². The van der Waals surface area contributed by atoms with Gasteiger partial charge in [0.25, 0.3) is 0 Å². The summed E-state index contributed by atoms with van der Waals surface area (Å²) in [6.45, 7) is 2.02. The van der Waals surface area contributed by atoms with Gasteiger partial charge in [0, 0.05) is 30.8 Å². The Morgan fingerprint density at radius 2 is 1.94 bits per heavy atom. The molecule has 0 radical (unpaired) electrons. The minimum atomic E-state index is -0.976. The average molecular weight is 453 g/mol. The predicted molar refractivity (Wildman–Crippen MR) is 128 cm³/mol. The molecule has 5 aliphatic rings. The number of likely N-dealkylation sites (tertiary alicyclic amines) is 1. The second-order valence-corrected chi connectivity index (χ2v) is 11.0. The summed E-state index contributed by atoms with van der Waals surface area (Å²) in [7, 11) is 0. The third-order valence-corrected chi connectivity index (χ3v) is 9.38. The van der Waals surface area contributed by atoms with Crippen LogP contribution in [0, 0.1) is 5.92 Å². The van der Waals surface area contributed by atoms with Crippen molar-refractivity contribution in [2.75, 3.05) is 13.1 Å². The summed E-state index contributed by atoms with van der Waals surface area (Å²) in [5, 5.41) is 23.7. The lowest BCUT2D eigenvalue weighted by Gasteiger charge is -2.63. The van der Waals surface area contributed by atoms with E-state index in [1.54, 1.807) is 6.07 Å². The van der Waals surface area contributed by atoms with E-state index in [-0.39, 0.29) is 11.8 Å². The van der Waals surface area contributed by atoms with Crippen LogP contribution in [0.4, 0.5) is 0 Å². The van der Waals surface area contributed by atoms with Crippen LogP contribution in [-0.4, -0.2) is 44.8 Å². The molecule has 8 rings (SSSR count). The topological polar surface area (TPSA) is 65.8 Å². The SMILES string of the molecule is Oc1ccc2c3c1O[C@H]1c4nccc(-c5ccccc5)c4C[C@@]4(O)[C@@H](C2)N(CC2CC2)CC[C@]314. The number of rotatable bonds is 3. The first-order valence-corrected chi connectivity index (χ1v) is 12.6. The van der Waals surface area contributed by atoms with E-state index in [1.165, 1.54) is 18.4 Å². The van der Waals surface area contributed by atoms with Crippen molar-refractivity contribution < 1.29 is 14.9 Å². The molecule has 0 amide bonds. The maximum Gasteiger partial charge on any atom is 0.166 e. The fraction of sp³-hybridized carbons (Fsp3) is 0.414. The third-order valence-electron chi connectivity index (χ3n) is 9.38. The van der Waals surface area contributed by atoms with Crippen LogP contribution in [0.15, 0.2) is 54.7 Å². The first kappa shape index (κ1) is 19.4. The Hall–Kier alpha value is -2.89. The molecule has 2 aromatic carbocycles. The Balaban J connectivity index is 1.39. The molecule has 2 aliphatic heterocycles. The Bertz CT molecular complexity index is 1340. The first-order chi connectivity index (χ1) is 16.6. The number of fused-ring (bicyclic) bond motifs is 2. The fourth-order valence-electron chi connectivity index (χ4n) is 7.73. The van der Waals surface area contributed by atoms with Gasteiger partial charge in [-0.3, -0.25) is 9.88 Å². The maximum absolute atomic E-state index is 12.9. The number of phenols is 1. The highest BCUT2D eigenvalue weighted by atomic mass is 16.5. The molecule has 5 heteroatoms. The molecule has 2 bridgehead atoms. The minimum Gasteiger partial charge on any atom is -0.504 e. The second-order valence-electron chi connectivity index (χ2n) is 11.0. The van der Waals surface area contributed by atoms with Crippen LogP contribution < -0.4 is 4.74 Å². The van der Waals surface area contributed by atoms with Gasteiger partial charge in [-0.15, -0.1) is 0 Å². The summed E-state index contributed by atoms with van der Waals surface area (Å²) in [5.74, 6) is 1.50. The largest absolute Gasteiger partial charge is 0.504 e. The molecule has 1 saturated heterocycles. The average Bonchev–Trinajstić information content (AvgIpc) is 3.59. The minimum absolute atomic E-state index is 0.0351. The molecule has 34 heavy (non-hydrogen) atoms. The van der Waals surface area contributed by atoms with E-state index in [1.807, 2.05) is 12.3 Å². The van der Waals surface area contributed by atoms with Crippen LogP contribution in [0.25, 0.3) is 11.1 Å². The number of hydrogen-bond acceptors (Lipinski definition) is 5. The van der Waals surface area contributed by atoms with Gasteiger partial charge in [0.15, 0.2) is 17.6 Å². The number of nitrogens with zero attached hydrogens (tertiary/aromatic N) is 2. The Kier molecular flexibility index (Phi) is 3.66. The van der Waals surface area contributed by atoms with E-state index in [0.717, 1.165) is 59.8 Å². The number of hydrogen-bond donors (Lipinski definition) is 2. The van der Waals surface area contributed by atoms with Gasteiger partial charge in [0.1, 0.15) is 0 Å². The molecule has 1 spiro atoms. The Labute approximate surface area is 199 Å². The number of pyridine rings is 1. The molecular weight excluding hydrogens is 424 g/mol. The second kappa shape index (κ2) is 6.41. The van der Waals surface area contributed by atoms with Gasteiger partial charge >= 0.3 is 0 Å². The van der Waals surface area contributed by atoms with Crippen molar-refractivity contribution >= 4 is 0 Å². The molecule has 5 nitrogen and oxygen atoms in total. The Morgan fingerprint density at radius 1 is 1.09 bits per heavy atom. The molecular formula is C29H28N2O3. The highest BCUT2D eigenvalue weighted by Gasteiger charge is 2.72. The number of piperidine rings is 1. The lowest BCUT2D eigenvalue weighted by molar-refractivity contribution is -0.173. The zero-order valence-corrected chi connectivity index (χ0v) is 19.1. The predicted octanol–water partition coefficient (Wildman–Crippen LogP) is 4.15. The molecule has 2 fully saturated rings. The molecule has 1 saturated carbocycles. The van der Waals surface area contributed by atoms with Gasteiger partial charge in [0.05, 0.1) is 16.7 Å². The van der Waals surface area contributed by atoms with E-state index in [0.29, 0.717) is 12.2 Å². The normalized spacial score (nSPS) is 32.6. The van der Waals surface area contributed by atoms with Crippen molar-refractivity contribution in [1.82, 2.24) is 9.88 Å². The molecule has 3 aliphatic carbocycles. The molecule has 2 N–H and O–H groups in total. The van der Waals surface area contributed by atoms with Crippen molar-refractivity contribution in [3.8, 4) is 22.6 Å². The third kappa shape index (κ3) is 2.25. The van der Waals surface area contributed by atoms with Gasteiger partial charge in [-0.1, -0.05) is 36.4 Å². The van der Waals surface area contributed by atoms with E-state index in [4.69, 9.17) is 9.72 Å². The van der Waals surface area contributed by atoms with E-state index >= 15 is 0 Å². The highest BCUT2D eigenvalue weighted by Crippen LogP contribution is 2.68. The zero-order chi connectivity index (χ0) is 22.7.